The van der Waals surface area contributed by atoms with Crippen molar-refractivity contribution in [1.29, 1.82) is 0 Å². The van der Waals surface area contributed by atoms with Gasteiger partial charge in [0.2, 0.25) is 0 Å². The summed E-state index contributed by atoms with van der Waals surface area (Å²) in [5, 5.41) is 1.13. The average molecular weight is 414 g/mol. The summed E-state index contributed by atoms with van der Waals surface area (Å²) in [6.45, 7) is 2.21. The van der Waals surface area contributed by atoms with Crippen molar-refractivity contribution in [3.8, 4) is 5.75 Å². The smallest absolute Gasteiger partial charge is 0.306 e. The van der Waals surface area contributed by atoms with E-state index in [-0.39, 0.29) is 11.9 Å². The van der Waals surface area contributed by atoms with Crippen molar-refractivity contribution >= 4 is 16.9 Å². The van der Waals surface area contributed by atoms with Crippen LogP contribution in [0.5, 0.6) is 5.75 Å². The van der Waals surface area contributed by atoms with Gasteiger partial charge in [0.05, 0.1) is 20.1 Å². The highest BCUT2D eigenvalue weighted by atomic mass is 16.5. The number of methoxy groups -OCH3 is 1. The van der Waals surface area contributed by atoms with Crippen molar-refractivity contribution in [3.63, 3.8) is 0 Å². The molecule has 158 valence electrons. The Kier molecular flexibility index (Phi) is 6.37. The summed E-state index contributed by atoms with van der Waals surface area (Å²) in [4.78, 5) is 15.8. The molecule has 0 fully saturated rings. The Morgan fingerprint density at radius 3 is 2.45 bits per heavy atom. The third-order valence-electron chi connectivity index (χ3n) is 5.60. The number of H-pyrrole nitrogens is 1. The Bertz CT molecular complexity index is 1150. The van der Waals surface area contributed by atoms with E-state index >= 15 is 0 Å². The van der Waals surface area contributed by atoms with Gasteiger partial charge in [-0.25, -0.2) is 0 Å². The first-order valence-electron chi connectivity index (χ1n) is 10.6. The molecule has 0 aliphatic carbocycles. The SMILES string of the molecule is CCOC(=O)CC(c1ccc(OC)cc1)c1c[nH]c2cc(Cc3ccccc3)ccc12. The second kappa shape index (κ2) is 9.52. The second-order valence-corrected chi connectivity index (χ2v) is 7.62. The van der Waals surface area contributed by atoms with E-state index in [1.807, 2.05) is 43.5 Å². The molecule has 4 nitrogen and oxygen atoms in total. The first-order chi connectivity index (χ1) is 15.2. The molecule has 3 aromatic carbocycles. The summed E-state index contributed by atoms with van der Waals surface area (Å²) in [6, 6.07) is 24.9. The summed E-state index contributed by atoms with van der Waals surface area (Å²) < 4.78 is 10.6. The Hall–Kier alpha value is -3.53. The van der Waals surface area contributed by atoms with E-state index in [4.69, 9.17) is 9.47 Å². The topological polar surface area (TPSA) is 51.3 Å². The van der Waals surface area contributed by atoms with E-state index in [0.717, 1.165) is 34.2 Å². The minimum absolute atomic E-state index is 0.0984. The number of nitrogens with one attached hydrogen (secondary N) is 1. The van der Waals surface area contributed by atoms with Gasteiger partial charge >= 0.3 is 5.97 Å². The number of rotatable bonds is 8. The standard InChI is InChI=1S/C27H27NO3/c1-3-31-27(29)17-24(21-10-12-22(30-2)13-11-21)25-18-28-26-16-20(9-14-23(25)26)15-19-7-5-4-6-8-19/h4-14,16,18,24,28H,3,15,17H2,1-2H3. The Morgan fingerprint density at radius 1 is 0.968 bits per heavy atom. The van der Waals surface area contributed by atoms with Crippen molar-refractivity contribution in [1.82, 2.24) is 4.98 Å². The molecule has 4 heteroatoms. The van der Waals surface area contributed by atoms with Gasteiger partial charge in [-0.2, -0.15) is 0 Å². The van der Waals surface area contributed by atoms with Crippen molar-refractivity contribution in [2.75, 3.05) is 13.7 Å². The number of benzene rings is 3. The van der Waals surface area contributed by atoms with Crippen LogP contribution in [0, 0.1) is 0 Å². The van der Waals surface area contributed by atoms with Crippen molar-refractivity contribution in [3.05, 3.63) is 101 Å². The number of fused-ring (bicyclic) bond motifs is 1. The van der Waals surface area contributed by atoms with Gasteiger partial charge in [0.25, 0.3) is 0 Å². The normalized spacial score (nSPS) is 11.9. The fourth-order valence-corrected chi connectivity index (χ4v) is 4.06. The van der Waals surface area contributed by atoms with Gasteiger partial charge in [0, 0.05) is 23.0 Å². The average Bonchev–Trinajstić information content (AvgIpc) is 3.21. The Morgan fingerprint density at radius 2 is 1.74 bits per heavy atom. The number of hydrogen-bond donors (Lipinski definition) is 1. The molecule has 0 spiro atoms. The fourth-order valence-electron chi connectivity index (χ4n) is 4.06. The van der Waals surface area contributed by atoms with Gasteiger partial charge in [-0.05, 0) is 53.8 Å². The van der Waals surface area contributed by atoms with Crippen molar-refractivity contribution < 1.29 is 14.3 Å². The van der Waals surface area contributed by atoms with E-state index in [1.165, 1.54) is 11.1 Å². The van der Waals surface area contributed by atoms with Crippen LogP contribution in [-0.4, -0.2) is 24.7 Å². The van der Waals surface area contributed by atoms with Crippen LogP contribution in [0.25, 0.3) is 10.9 Å². The molecule has 0 saturated carbocycles. The molecule has 4 rings (SSSR count). The Balaban J connectivity index is 1.68. The van der Waals surface area contributed by atoms with Gasteiger partial charge < -0.3 is 14.5 Å². The Labute approximate surface area is 182 Å². The minimum atomic E-state index is -0.196. The molecular formula is C27H27NO3. The summed E-state index contributed by atoms with van der Waals surface area (Å²) in [5.41, 5.74) is 5.76. The highest BCUT2D eigenvalue weighted by molar-refractivity contribution is 5.86. The zero-order valence-corrected chi connectivity index (χ0v) is 17.9. The van der Waals surface area contributed by atoms with Crippen LogP contribution in [0.4, 0.5) is 0 Å². The highest BCUT2D eigenvalue weighted by Crippen LogP contribution is 2.35. The first-order valence-corrected chi connectivity index (χ1v) is 10.6. The van der Waals surface area contributed by atoms with Gasteiger partial charge in [-0.1, -0.05) is 54.6 Å². The van der Waals surface area contributed by atoms with Crippen LogP contribution in [-0.2, 0) is 16.0 Å². The molecule has 0 amide bonds. The third-order valence-corrected chi connectivity index (χ3v) is 5.60. The predicted molar refractivity (Wildman–Crippen MR) is 124 cm³/mol. The largest absolute Gasteiger partial charge is 0.497 e. The minimum Gasteiger partial charge on any atom is -0.497 e. The third kappa shape index (κ3) is 4.80. The van der Waals surface area contributed by atoms with Crippen LogP contribution in [0.1, 0.15) is 41.5 Å². The number of esters is 1. The van der Waals surface area contributed by atoms with E-state index in [0.29, 0.717) is 13.0 Å². The molecule has 1 aromatic heterocycles. The van der Waals surface area contributed by atoms with Crippen LogP contribution in [0.3, 0.4) is 0 Å². The molecule has 1 N–H and O–H groups in total. The molecule has 0 radical (unpaired) electrons. The summed E-state index contributed by atoms with van der Waals surface area (Å²) >= 11 is 0. The number of aromatic nitrogens is 1. The van der Waals surface area contributed by atoms with Crippen molar-refractivity contribution in [2.45, 2.75) is 25.7 Å². The second-order valence-electron chi connectivity index (χ2n) is 7.62. The maximum Gasteiger partial charge on any atom is 0.306 e. The van der Waals surface area contributed by atoms with E-state index < -0.39 is 0 Å². The zero-order chi connectivity index (χ0) is 21.6. The molecular weight excluding hydrogens is 386 g/mol. The first kappa shape index (κ1) is 20.7. The lowest BCUT2D eigenvalue weighted by molar-refractivity contribution is -0.143. The molecule has 0 saturated heterocycles. The van der Waals surface area contributed by atoms with Crippen LogP contribution < -0.4 is 4.74 Å². The number of carbonyl (C=O) groups is 1. The van der Waals surface area contributed by atoms with Gasteiger partial charge in [0.1, 0.15) is 5.75 Å². The molecule has 1 heterocycles. The molecule has 0 aliphatic heterocycles. The van der Waals surface area contributed by atoms with Crippen LogP contribution in [0.15, 0.2) is 79.0 Å². The monoisotopic (exact) mass is 413 g/mol. The highest BCUT2D eigenvalue weighted by Gasteiger charge is 2.22. The summed E-state index contributed by atoms with van der Waals surface area (Å²) in [7, 11) is 1.65. The molecule has 1 atom stereocenters. The van der Waals surface area contributed by atoms with E-state index in [1.54, 1.807) is 7.11 Å². The maximum atomic E-state index is 12.4. The van der Waals surface area contributed by atoms with Gasteiger partial charge in [-0.15, -0.1) is 0 Å². The lowest BCUT2D eigenvalue weighted by atomic mass is 9.88. The van der Waals surface area contributed by atoms with Crippen molar-refractivity contribution in [2.24, 2.45) is 0 Å². The molecule has 4 aromatic rings. The van der Waals surface area contributed by atoms with E-state index in [2.05, 4.69) is 47.4 Å². The quantitative estimate of drug-likeness (QED) is 0.369. The number of ether oxygens (including phenoxy) is 2. The number of hydrogen-bond acceptors (Lipinski definition) is 3. The van der Waals surface area contributed by atoms with Crippen LogP contribution in [0.2, 0.25) is 0 Å². The lowest BCUT2D eigenvalue weighted by Gasteiger charge is -2.17. The maximum absolute atomic E-state index is 12.4. The lowest BCUT2D eigenvalue weighted by Crippen LogP contribution is -2.11. The van der Waals surface area contributed by atoms with E-state index in [9.17, 15) is 4.79 Å². The fraction of sp³-hybridized carbons (Fsp3) is 0.222. The van der Waals surface area contributed by atoms with Crippen LogP contribution >= 0.6 is 0 Å². The summed E-state index contributed by atoms with van der Waals surface area (Å²) in [5.74, 6) is 0.500. The number of carbonyl (C=O) groups excluding carboxylic acids is 1. The molecule has 1 unspecified atom stereocenters. The van der Waals surface area contributed by atoms with Gasteiger partial charge in [0.15, 0.2) is 0 Å². The zero-order valence-electron chi connectivity index (χ0n) is 17.9. The molecule has 31 heavy (non-hydrogen) atoms. The number of aromatic amines is 1. The van der Waals surface area contributed by atoms with Gasteiger partial charge in [-0.3, -0.25) is 4.79 Å². The molecule has 0 aliphatic rings. The summed E-state index contributed by atoms with van der Waals surface area (Å²) in [6.07, 6.45) is 3.19. The molecule has 0 bridgehead atoms. The predicted octanol–water partition coefficient (Wildman–Crippen LogP) is 5.85.